The van der Waals surface area contributed by atoms with E-state index in [4.69, 9.17) is 18.9 Å². The Labute approximate surface area is 728 Å². The first-order chi connectivity index (χ1) is 58.0. The van der Waals surface area contributed by atoms with Gasteiger partial charge in [-0.25, -0.2) is 0 Å². The number of phenols is 1. The summed E-state index contributed by atoms with van der Waals surface area (Å²) >= 11 is 0. The standard InChI is InChI=1S/C31H37N3O6S2.C28H37N3O7S2.C27H35N3O7S2/c1-19(2)25-16-22(35)15-23-11-5-6-13-41-42-18-27(34-29(25)37)31(39)33-26(30(38)32-17-28(36)40-23)14-21-10-7-9-20-8-3-4-12-24(20)21;1-17(2)22-14-19(32)13-21-6-4-5-11-39-40-16-24(31-26(22)34)28(36)30-23(27(35)29-15-25(33)38-21)12-18-7-9-20(37-3)10-8-18;1-16(2)21-13-19(32)12-20-5-3-4-10-38-39-15-23(30-25(21)34)27(36)29-22(26(35)28-14-24(33)37-20)11-17-6-8-18(31)9-7-17/h3-5,7-12,19,23,25-27H,6,13-18H2,1-2H3,(H,32,38)(H,33,39)(H,34,37);4,6-10,17,21-24H,5,11-16H2,1-3H3,(H,29,35)(H,30,36)(H,31,34);3,5-9,16,20-23,31H,4,10-15H2,1-2H3,(H,28,35)(H,29,36)(H,30,34)/b11-5+;6-4+;5-3+/t23?,25-,26-,27-;21?,22-,23-,24-;20?,21-,22-,23-/m111/s1. The van der Waals surface area contributed by atoms with Gasteiger partial charge in [0.2, 0.25) is 53.2 Å². The Morgan fingerprint density at radius 3 is 1.07 bits per heavy atom. The molecule has 9 amide bonds. The number of Topliss-reactive ketones (excluding diaryl/α,β-unsaturated/α-hetero) is 3. The molecule has 12 atom stereocenters. The number of hydrogen-bond acceptors (Lipinski definition) is 26. The van der Waals surface area contributed by atoms with Crippen LogP contribution in [0.5, 0.6) is 11.5 Å². The molecule has 29 nitrogen and oxygen atoms in total. The molecule has 3 fully saturated rings. The normalized spacial score (nSPS) is 26.6. The number of amides is 9. The number of rotatable bonds is 10. The predicted octanol–water partition coefficient (Wildman–Crippen LogP) is 7.48. The Balaban J connectivity index is 0.000000226. The molecular formula is C86H109N9O20S6. The summed E-state index contributed by atoms with van der Waals surface area (Å²) in [6.07, 6.45) is 10.2. The molecule has 0 spiro atoms. The Bertz CT molecular complexity index is 4370. The molecule has 0 aliphatic carbocycles. The number of ether oxygens (including phenoxy) is 4. The highest BCUT2D eigenvalue weighted by atomic mass is 33.1. The summed E-state index contributed by atoms with van der Waals surface area (Å²) in [5, 5.41) is 36.1. The van der Waals surface area contributed by atoms with E-state index in [1.807, 2.05) is 102 Å². The van der Waals surface area contributed by atoms with E-state index in [-0.39, 0.29) is 116 Å². The second-order valence-corrected chi connectivity index (χ2v) is 38.6. The number of nitrogens with one attached hydrogen (secondary N) is 9. The maximum absolute atomic E-state index is 13.7. The average molecular weight is 1780 g/mol. The van der Waals surface area contributed by atoms with Crippen LogP contribution in [-0.4, -0.2) is 209 Å². The predicted molar refractivity (Wildman–Crippen MR) is 470 cm³/mol. The van der Waals surface area contributed by atoms with Gasteiger partial charge in [0, 0.05) is 110 Å². The van der Waals surface area contributed by atoms with Crippen LogP contribution in [-0.2, 0) is 105 Å². The maximum Gasteiger partial charge on any atom is 0.326 e. The van der Waals surface area contributed by atoms with Gasteiger partial charge in [-0.2, -0.15) is 0 Å². The lowest BCUT2D eigenvalue weighted by molar-refractivity contribution is -0.149. The van der Waals surface area contributed by atoms with Crippen LogP contribution in [0.25, 0.3) is 10.8 Å². The fourth-order valence-electron chi connectivity index (χ4n) is 13.5. The Morgan fingerprint density at radius 2 is 0.719 bits per heavy atom. The van der Waals surface area contributed by atoms with E-state index in [0.717, 1.165) is 27.7 Å². The van der Waals surface area contributed by atoms with Gasteiger partial charge in [0.1, 0.15) is 103 Å². The van der Waals surface area contributed by atoms with Crippen LogP contribution in [0.4, 0.5) is 0 Å². The van der Waals surface area contributed by atoms with Crippen LogP contribution >= 0.6 is 64.8 Å². The van der Waals surface area contributed by atoms with E-state index in [1.54, 1.807) is 83.3 Å². The van der Waals surface area contributed by atoms with Crippen molar-refractivity contribution in [2.45, 2.75) is 173 Å². The number of fused-ring (bicyclic) bond motifs is 22. The van der Waals surface area contributed by atoms with Crippen LogP contribution in [0.2, 0.25) is 0 Å². The summed E-state index contributed by atoms with van der Waals surface area (Å²) < 4.78 is 21.8. The number of phenolic OH excluding ortho intramolecular Hbond substituents is 1. The molecule has 10 N–H and O–H groups in total. The summed E-state index contributed by atoms with van der Waals surface area (Å²) in [7, 11) is 10.5. The molecule has 6 aliphatic rings. The summed E-state index contributed by atoms with van der Waals surface area (Å²) in [6, 6.07) is 20.9. The molecule has 6 bridgehead atoms. The summed E-state index contributed by atoms with van der Waals surface area (Å²) in [5.74, 6) is -6.28. The number of methoxy groups -OCH3 is 1. The fraction of sp³-hybridized carbons (Fsp3) is 0.500. The van der Waals surface area contributed by atoms with Gasteiger partial charge in [-0.3, -0.25) is 71.9 Å². The minimum absolute atomic E-state index is 0.0396. The van der Waals surface area contributed by atoms with E-state index >= 15 is 0 Å². The highest BCUT2D eigenvalue weighted by Crippen LogP contribution is 2.31. The van der Waals surface area contributed by atoms with Crippen molar-refractivity contribution in [3.05, 3.63) is 144 Å². The zero-order valence-electron chi connectivity index (χ0n) is 68.8. The molecule has 121 heavy (non-hydrogen) atoms. The van der Waals surface area contributed by atoms with E-state index < -0.39 is 163 Å². The third-order valence-corrected chi connectivity index (χ3v) is 27.7. The maximum atomic E-state index is 13.7. The van der Waals surface area contributed by atoms with Crippen molar-refractivity contribution in [3.8, 4) is 11.5 Å². The van der Waals surface area contributed by atoms with E-state index in [9.17, 15) is 77.0 Å². The molecule has 4 aromatic carbocycles. The second kappa shape index (κ2) is 50.3. The third-order valence-electron chi connectivity index (χ3n) is 20.3. The third kappa shape index (κ3) is 33.1. The first kappa shape index (κ1) is 97.2. The molecular weight excluding hydrogens is 1670 g/mol. The van der Waals surface area contributed by atoms with Gasteiger partial charge in [-0.1, -0.05) is 191 Å². The smallest absolute Gasteiger partial charge is 0.326 e. The van der Waals surface area contributed by atoms with Crippen molar-refractivity contribution in [2.24, 2.45) is 35.5 Å². The number of carbonyl (C=O) groups is 15. The van der Waals surface area contributed by atoms with E-state index in [2.05, 4.69) is 47.9 Å². The Hall–Kier alpha value is -9.29. The molecule has 10 rings (SSSR count). The van der Waals surface area contributed by atoms with Crippen LogP contribution in [0, 0.1) is 35.5 Å². The number of ketones is 3. The fourth-order valence-corrected chi connectivity index (χ4v) is 20.0. The van der Waals surface area contributed by atoms with Crippen LogP contribution in [0.15, 0.2) is 127 Å². The number of benzene rings is 4. The largest absolute Gasteiger partial charge is 0.508 e. The number of allylic oxidation sites excluding steroid dienone is 3. The van der Waals surface area contributed by atoms with Crippen molar-refractivity contribution in [1.82, 2.24) is 47.9 Å². The highest BCUT2D eigenvalue weighted by molar-refractivity contribution is 8.77. The highest BCUT2D eigenvalue weighted by Gasteiger charge is 2.38. The molecule has 0 aromatic heterocycles. The quantitative estimate of drug-likeness (QED) is 0.0318. The minimum atomic E-state index is -1.06. The molecule has 0 radical (unpaired) electrons. The molecule has 3 saturated heterocycles. The lowest BCUT2D eigenvalue weighted by Gasteiger charge is -2.26. The minimum Gasteiger partial charge on any atom is -0.508 e. The lowest BCUT2D eigenvalue weighted by Crippen LogP contribution is -2.56. The van der Waals surface area contributed by atoms with E-state index in [1.165, 1.54) is 55.3 Å². The monoisotopic (exact) mass is 1780 g/mol. The van der Waals surface area contributed by atoms with E-state index in [0.29, 0.717) is 42.1 Å². The van der Waals surface area contributed by atoms with Crippen molar-refractivity contribution in [1.29, 1.82) is 0 Å². The van der Waals surface area contributed by atoms with Gasteiger partial charge in [-0.15, -0.1) is 0 Å². The molecule has 654 valence electrons. The summed E-state index contributed by atoms with van der Waals surface area (Å²) in [5.41, 5.74) is 2.29. The number of esters is 3. The van der Waals surface area contributed by atoms with Gasteiger partial charge in [0.25, 0.3) is 0 Å². The van der Waals surface area contributed by atoms with Crippen LogP contribution in [0.3, 0.4) is 0 Å². The Morgan fingerprint density at radius 1 is 0.380 bits per heavy atom. The number of carbonyl (C=O) groups excluding carboxylic acids is 15. The molecule has 35 heteroatoms. The zero-order chi connectivity index (χ0) is 87.5. The SMILES string of the molecule is CC(C)[C@H]1CC(=O)CC2/C=C/CCSSC[C@@H](NC1=O)C(=O)N[C@H](Cc1ccc(O)cc1)C(=O)NCC(=O)O2.CC(C)[C@H]1CC(=O)CC2/C=C/CCSSC[C@@H](NC1=O)C(=O)N[C@H](Cc1cccc3ccccc13)C(=O)NCC(=O)O2.COc1ccc(C[C@H]2NC(=O)[C@H]3CSSCC/C=C/C(CC(=O)C[C@H](C(C)C)C(=O)N3)OC(=O)CNC2=O)cc1. The van der Waals surface area contributed by atoms with Gasteiger partial charge in [-0.05, 0) is 107 Å². The molecule has 4 aromatic rings. The lowest BCUT2D eigenvalue weighted by atomic mass is 9.88. The Kier molecular flexibility index (Phi) is 40.4. The average Bonchev–Trinajstić information content (AvgIpc) is 0.879. The van der Waals surface area contributed by atoms with Crippen LogP contribution in [0.1, 0.15) is 116 Å². The second-order valence-electron chi connectivity index (χ2n) is 30.7. The first-order valence-corrected chi connectivity index (χ1v) is 47.8. The van der Waals surface area contributed by atoms with Gasteiger partial charge in [0.15, 0.2) is 0 Å². The summed E-state index contributed by atoms with van der Waals surface area (Å²) in [6.45, 7) is 9.77. The number of hydrogen-bond donors (Lipinski definition) is 10. The van der Waals surface area contributed by atoms with Crippen molar-refractivity contribution >= 4 is 164 Å². The van der Waals surface area contributed by atoms with Gasteiger partial charge >= 0.3 is 17.9 Å². The van der Waals surface area contributed by atoms with Crippen molar-refractivity contribution in [3.63, 3.8) is 0 Å². The topological polar surface area (TPSA) is 421 Å². The molecule has 6 heterocycles. The van der Waals surface area contributed by atoms with Gasteiger partial charge < -0.3 is 71.9 Å². The van der Waals surface area contributed by atoms with Crippen molar-refractivity contribution in [2.75, 3.05) is 61.3 Å². The molecule has 0 saturated carbocycles. The van der Waals surface area contributed by atoms with Crippen molar-refractivity contribution < 1.29 is 96.0 Å². The summed E-state index contributed by atoms with van der Waals surface area (Å²) in [4.78, 5) is 197. The van der Waals surface area contributed by atoms with Gasteiger partial charge in [0.05, 0.1) is 7.11 Å². The molecule has 6 aliphatic heterocycles. The number of aromatic hydroxyl groups is 1. The first-order valence-electron chi connectivity index (χ1n) is 40.4. The van der Waals surface area contributed by atoms with Crippen LogP contribution < -0.4 is 52.6 Å². The molecule has 3 unspecified atom stereocenters. The zero-order valence-corrected chi connectivity index (χ0v) is 73.7.